The van der Waals surface area contributed by atoms with Gasteiger partial charge in [0.1, 0.15) is 5.75 Å². The summed E-state index contributed by atoms with van der Waals surface area (Å²) in [4.78, 5) is 14.5. The van der Waals surface area contributed by atoms with Gasteiger partial charge in [0.15, 0.2) is 5.76 Å². The first kappa shape index (κ1) is 18.0. The fourth-order valence-electron chi connectivity index (χ4n) is 1.95. The van der Waals surface area contributed by atoms with Gasteiger partial charge in [0.2, 0.25) is 0 Å². The van der Waals surface area contributed by atoms with Gasteiger partial charge < -0.3 is 15.0 Å². The van der Waals surface area contributed by atoms with Crippen molar-refractivity contribution in [1.82, 2.24) is 10.2 Å². The number of benzene rings is 2. The van der Waals surface area contributed by atoms with Crippen molar-refractivity contribution in [2.75, 3.05) is 27.2 Å². The van der Waals surface area contributed by atoms with Crippen molar-refractivity contribution in [2.45, 2.75) is 0 Å². The fraction of sp³-hybridized carbons (Fsp3) is 0.211. The number of hydrogen-bond donors (Lipinski definition) is 1. The summed E-state index contributed by atoms with van der Waals surface area (Å²) in [6.07, 6.45) is 1.72. The van der Waals surface area contributed by atoms with Crippen LogP contribution in [0.1, 0.15) is 5.56 Å². The molecule has 2 aromatic carbocycles. The van der Waals surface area contributed by atoms with Crippen LogP contribution in [0.25, 0.3) is 6.08 Å². The molecule has 4 nitrogen and oxygen atoms in total. The molecule has 0 radical (unpaired) electrons. The highest BCUT2D eigenvalue weighted by molar-refractivity contribution is 6.30. The summed E-state index contributed by atoms with van der Waals surface area (Å²) in [5.74, 6) is 0.544. The highest BCUT2D eigenvalue weighted by atomic mass is 35.5. The Labute approximate surface area is 147 Å². The van der Waals surface area contributed by atoms with Crippen LogP contribution in [0, 0.1) is 0 Å². The van der Waals surface area contributed by atoms with Crippen molar-refractivity contribution in [1.29, 1.82) is 0 Å². The van der Waals surface area contributed by atoms with E-state index in [0.29, 0.717) is 17.3 Å². The van der Waals surface area contributed by atoms with E-state index in [1.807, 2.05) is 49.3 Å². The lowest BCUT2D eigenvalue weighted by atomic mass is 10.2. The zero-order valence-corrected chi connectivity index (χ0v) is 14.6. The molecule has 1 N–H and O–H groups in total. The second kappa shape index (κ2) is 9.11. The third-order valence-corrected chi connectivity index (χ3v) is 3.46. The van der Waals surface area contributed by atoms with E-state index in [1.165, 1.54) is 0 Å². The van der Waals surface area contributed by atoms with E-state index in [9.17, 15) is 4.79 Å². The third-order valence-electron chi connectivity index (χ3n) is 3.21. The van der Waals surface area contributed by atoms with Crippen LogP contribution in [-0.2, 0) is 4.79 Å². The number of carbonyl (C=O) groups is 1. The Morgan fingerprint density at radius 2 is 1.79 bits per heavy atom. The van der Waals surface area contributed by atoms with Crippen LogP contribution in [0.5, 0.6) is 5.75 Å². The molecule has 0 saturated carbocycles. The first-order valence-corrected chi connectivity index (χ1v) is 8.05. The van der Waals surface area contributed by atoms with E-state index in [0.717, 1.165) is 12.1 Å². The van der Waals surface area contributed by atoms with E-state index in [1.54, 1.807) is 30.3 Å². The smallest absolute Gasteiger partial charge is 0.287 e. The maximum Gasteiger partial charge on any atom is 0.287 e. The number of nitrogens with zero attached hydrogens (tertiary/aromatic N) is 1. The van der Waals surface area contributed by atoms with Gasteiger partial charge in [-0.1, -0.05) is 41.9 Å². The summed E-state index contributed by atoms with van der Waals surface area (Å²) < 4.78 is 5.77. The molecule has 0 fully saturated rings. The Hall–Kier alpha value is -2.30. The molecule has 0 unspecified atom stereocenters. The Balaban J connectivity index is 2.16. The van der Waals surface area contributed by atoms with Crippen molar-refractivity contribution >= 4 is 23.6 Å². The van der Waals surface area contributed by atoms with Crippen LogP contribution >= 0.6 is 11.6 Å². The van der Waals surface area contributed by atoms with Gasteiger partial charge in [0.05, 0.1) is 0 Å². The number of hydrogen-bond acceptors (Lipinski definition) is 3. The van der Waals surface area contributed by atoms with Gasteiger partial charge in [0, 0.05) is 18.1 Å². The van der Waals surface area contributed by atoms with E-state index >= 15 is 0 Å². The quantitative estimate of drug-likeness (QED) is 0.618. The second-order valence-electron chi connectivity index (χ2n) is 5.53. The number of rotatable bonds is 7. The molecule has 0 aliphatic carbocycles. The normalized spacial score (nSPS) is 11.4. The van der Waals surface area contributed by atoms with E-state index in [4.69, 9.17) is 16.3 Å². The van der Waals surface area contributed by atoms with Crippen LogP contribution in [0.2, 0.25) is 5.02 Å². The fourth-order valence-corrected chi connectivity index (χ4v) is 2.08. The van der Waals surface area contributed by atoms with Gasteiger partial charge in [-0.3, -0.25) is 4.79 Å². The number of likely N-dealkylation sites (N-methyl/N-ethyl adjacent to an activating group) is 1. The average Bonchev–Trinajstić information content (AvgIpc) is 2.57. The zero-order chi connectivity index (χ0) is 17.4. The molecular formula is C19H21ClN2O2. The van der Waals surface area contributed by atoms with Gasteiger partial charge in [0.25, 0.3) is 5.91 Å². The largest absolute Gasteiger partial charge is 0.452 e. The lowest BCUT2D eigenvalue weighted by Gasteiger charge is -2.13. The molecule has 0 aromatic heterocycles. The van der Waals surface area contributed by atoms with Crippen LogP contribution in [0.4, 0.5) is 0 Å². The highest BCUT2D eigenvalue weighted by Crippen LogP contribution is 2.19. The summed E-state index contributed by atoms with van der Waals surface area (Å²) in [6.45, 7) is 1.30. The molecule has 0 bridgehead atoms. The number of amides is 1. The number of nitrogens with one attached hydrogen (secondary N) is 1. The van der Waals surface area contributed by atoms with E-state index < -0.39 is 0 Å². The number of carbonyl (C=O) groups excluding carboxylic acids is 1. The lowest BCUT2D eigenvalue weighted by molar-refractivity contribution is -0.119. The minimum Gasteiger partial charge on any atom is -0.452 e. The highest BCUT2D eigenvalue weighted by Gasteiger charge is 2.12. The van der Waals surface area contributed by atoms with E-state index in [-0.39, 0.29) is 11.7 Å². The Kier molecular flexibility index (Phi) is 6.85. The first-order chi connectivity index (χ1) is 11.5. The van der Waals surface area contributed by atoms with Crippen LogP contribution < -0.4 is 10.1 Å². The second-order valence-corrected chi connectivity index (χ2v) is 5.97. The molecule has 0 spiro atoms. The maximum atomic E-state index is 12.5. The summed E-state index contributed by atoms with van der Waals surface area (Å²) in [5.41, 5.74) is 0.893. The van der Waals surface area contributed by atoms with Crippen LogP contribution in [-0.4, -0.2) is 38.0 Å². The molecule has 2 aromatic rings. The molecular weight excluding hydrogens is 324 g/mol. The van der Waals surface area contributed by atoms with Gasteiger partial charge in [-0.05, 0) is 50.0 Å². The maximum absolute atomic E-state index is 12.5. The molecule has 1 amide bonds. The van der Waals surface area contributed by atoms with Gasteiger partial charge in [-0.2, -0.15) is 0 Å². The molecule has 0 aliphatic rings. The minimum atomic E-state index is -0.254. The molecule has 126 valence electrons. The average molecular weight is 345 g/mol. The summed E-state index contributed by atoms with van der Waals surface area (Å²) >= 11 is 5.88. The minimum absolute atomic E-state index is 0.238. The monoisotopic (exact) mass is 344 g/mol. The predicted molar refractivity (Wildman–Crippen MR) is 98.1 cm³/mol. The Morgan fingerprint density at radius 3 is 2.42 bits per heavy atom. The van der Waals surface area contributed by atoms with Gasteiger partial charge in [-0.25, -0.2) is 0 Å². The molecule has 24 heavy (non-hydrogen) atoms. The standard InChI is InChI=1S/C19H21ClN2O2/c1-22(2)13-12-21-19(23)18(14-15-6-4-3-5-7-15)24-17-10-8-16(20)9-11-17/h3-11,14H,12-13H2,1-2H3,(H,21,23)/b18-14-. The summed E-state index contributed by atoms with van der Waals surface area (Å²) in [5, 5.41) is 3.48. The SMILES string of the molecule is CN(C)CCNC(=O)/C(=C/c1ccccc1)Oc1ccc(Cl)cc1. The third kappa shape index (κ3) is 6.07. The molecule has 5 heteroatoms. The van der Waals surface area contributed by atoms with Gasteiger partial charge >= 0.3 is 0 Å². The Morgan fingerprint density at radius 1 is 1.12 bits per heavy atom. The topological polar surface area (TPSA) is 41.6 Å². The lowest BCUT2D eigenvalue weighted by Crippen LogP contribution is -2.33. The predicted octanol–water partition coefficient (Wildman–Crippen LogP) is 3.44. The van der Waals surface area contributed by atoms with Gasteiger partial charge in [-0.15, -0.1) is 0 Å². The van der Waals surface area contributed by atoms with Crippen molar-refractivity contribution < 1.29 is 9.53 Å². The van der Waals surface area contributed by atoms with E-state index in [2.05, 4.69) is 5.32 Å². The zero-order valence-electron chi connectivity index (χ0n) is 13.8. The van der Waals surface area contributed by atoms with Crippen molar-refractivity contribution in [3.05, 3.63) is 70.9 Å². The Bertz CT molecular complexity index is 682. The summed E-state index contributed by atoms with van der Waals surface area (Å²) in [6, 6.07) is 16.5. The molecule has 0 saturated heterocycles. The molecule has 0 atom stereocenters. The molecule has 0 heterocycles. The molecule has 2 rings (SSSR count). The number of ether oxygens (including phenoxy) is 1. The molecule has 0 aliphatic heterocycles. The summed E-state index contributed by atoms with van der Waals surface area (Å²) in [7, 11) is 3.91. The van der Waals surface area contributed by atoms with Crippen molar-refractivity contribution in [3.63, 3.8) is 0 Å². The van der Waals surface area contributed by atoms with Crippen LogP contribution in [0.15, 0.2) is 60.4 Å². The number of halogens is 1. The van der Waals surface area contributed by atoms with Crippen LogP contribution in [0.3, 0.4) is 0 Å². The van der Waals surface area contributed by atoms with Crippen molar-refractivity contribution in [2.24, 2.45) is 0 Å². The van der Waals surface area contributed by atoms with Crippen molar-refractivity contribution in [3.8, 4) is 5.75 Å². The first-order valence-electron chi connectivity index (χ1n) is 7.67.